The number of carbonyl (C=O) groups is 2. The first-order valence-electron chi connectivity index (χ1n) is 8.62. The monoisotopic (exact) mass is 470 g/mol. The largest absolute Gasteiger partial charge is 0.457 e. The van der Waals surface area contributed by atoms with Gasteiger partial charge in [0.15, 0.2) is 6.29 Å². The van der Waals surface area contributed by atoms with Crippen LogP contribution >= 0.6 is 11.6 Å². The number of aromatic nitrogens is 1. The highest BCUT2D eigenvalue weighted by Crippen LogP contribution is 2.35. The predicted molar refractivity (Wildman–Crippen MR) is 119 cm³/mol. The van der Waals surface area contributed by atoms with Crippen LogP contribution < -0.4 is 21.9 Å². The van der Waals surface area contributed by atoms with Crippen LogP contribution in [-0.4, -0.2) is 25.1 Å². The SMILES string of the molecule is C=O.CN.Nc1ccc(Cl)c(C(F)(F)F)c1.Nc1ccc(Oc2ccnc(C=O)c2)cc1. The van der Waals surface area contributed by atoms with Crippen molar-refractivity contribution < 1.29 is 27.5 Å². The van der Waals surface area contributed by atoms with Gasteiger partial charge in [-0.1, -0.05) is 11.6 Å². The van der Waals surface area contributed by atoms with Crippen LogP contribution in [0.25, 0.3) is 0 Å². The van der Waals surface area contributed by atoms with Crippen LogP contribution in [0, 0.1) is 0 Å². The number of carbonyl (C=O) groups excluding carboxylic acids is 2. The van der Waals surface area contributed by atoms with Crippen molar-refractivity contribution in [3.8, 4) is 11.5 Å². The van der Waals surface area contributed by atoms with Crippen molar-refractivity contribution in [3.05, 3.63) is 77.1 Å². The topological polar surface area (TPSA) is 134 Å². The number of rotatable bonds is 3. The lowest BCUT2D eigenvalue weighted by atomic mass is 10.2. The average molecular weight is 471 g/mol. The third kappa shape index (κ3) is 9.92. The summed E-state index contributed by atoms with van der Waals surface area (Å²) in [4.78, 5) is 22.4. The van der Waals surface area contributed by atoms with Gasteiger partial charge in [-0.05, 0) is 55.6 Å². The summed E-state index contributed by atoms with van der Waals surface area (Å²) in [6, 6.07) is 13.5. The van der Waals surface area contributed by atoms with Crippen molar-refractivity contribution in [1.82, 2.24) is 4.98 Å². The van der Waals surface area contributed by atoms with Crippen LogP contribution in [-0.2, 0) is 11.0 Å². The van der Waals surface area contributed by atoms with Crippen LogP contribution in [0.15, 0.2) is 60.8 Å². The highest BCUT2D eigenvalue weighted by atomic mass is 35.5. The van der Waals surface area contributed by atoms with Gasteiger partial charge in [-0.3, -0.25) is 9.78 Å². The Hall–Kier alpha value is -3.63. The van der Waals surface area contributed by atoms with Crippen molar-refractivity contribution >= 4 is 36.1 Å². The molecule has 32 heavy (non-hydrogen) atoms. The molecule has 6 N–H and O–H groups in total. The number of halogens is 4. The standard InChI is InChI=1S/C12H10N2O2.C7H5ClF3N.CH5N.CH2O/c13-9-1-3-11(4-2-9)16-12-5-6-14-10(7-12)8-15;8-6-2-1-4(12)3-5(6)7(9,10)11;2*1-2/h1-8H,13H2;1-3H,12H2;2H2,1H3;1H2. The maximum Gasteiger partial charge on any atom is 0.417 e. The second-order valence-electron chi connectivity index (χ2n) is 5.44. The molecule has 0 aliphatic rings. The predicted octanol–water partition coefficient (Wildman–Crippen LogP) is 4.60. The Balaban J connectivity index is 0.000000536. The number of anilines is 2. The van der Waals surface area contributed by atoms with Crippen LogP contribution in [0.2, 0.25) is 5.02 Å². The summed E-state index contributed by atoms with van der Waals surface area (Å²) in [6.07, 6.45) is -2.24. The zero-order valence-electron chi connectivity index (χ0n) is 17.0. The molecule has 11 heteroatoms. The van der Waals surface area contributed by atoms with E-state index < -0.39 is 11.7 Å². The van der Waals surface area contributed by atoms with E-state index in [2.05, 4.69) is 10.7 Å². The molecule has 7 nitrogen and oxygen atoms in total. The quantitative estimate of drug-likeness (QED) is 0.376. The number of nitrogens with two attached hydrogens (primary N) is 3. The number of aldehydes is 1. The van der Waals surface area contributed by atoms with Gasteiger partial charge in [0, 0.05) is 23.6 Å². The van der Waals surface area contributed by atoms with Crippen LogP contribution in [0.3, 0.4) is 0 Å². The van der Waals surface area contributed by atoms with Gasteiger partial charge in [0.05, 0.1) is 10.6 Å². The van der Waals surface area contributed by atoms with Gasteiger partial charge >= 0.3 is 6.18 Å². The summed E-state index contributed by atoms with van der Waals surface area (Å²) in [5, 5.41) is -0.336. The molecule has 0 atom stereocenters. The first kappa shape index (κ1) is 28.4. The van der Waals surface area contributed by atoms with E-state index >= 15 is 0 Å². The van der Waals surface area contributed by atoms with E-state index in [0.717, 1.165) is 12.1 Å². The van der Waals surface area contributed by atoms with Gasteiger partial charge in [0.25, 0.3) is 0 Å². The van der Waals surface area contributed by atoms with E-state index in [1.807, 2.05) is 6.79 Å². The lowest BCUT2D eigenvalue weighted by Crippen LogP contribution is -2.06. The van der Waals surface area contributed by atoms with E-state index in [1.54, 1.807) is 36.4 Å². The molecule has 2 aromatic carbocycles. The van der Waals surface area contributed by atoms with E-state index in [-0.39, 0.29) is 10.7 Å². The Morgan fingerprint density at radius 3 is 2.00 bits per heavy atom. The molecule has 0 aliphatic heterocycles. The molecule has 0 radical (unpaired) electrons. The zero-order chi connectivity index (χ0) is 24.7. The fourth-order valence-corrected chi connectivity index (χ4v) is 2.21. The summed E-state index contributed by atoms with van der Waals surface area (Å²) >= 11 is 5.31. The fourth-order valence-electron chi connectivity index (χ4n) is 1.99. The smallest absolute Gasteiger partial charge is 0.417 e. The third-order valence-corrected chi connectivity index (χ3v) is 3.61. The van der Waals surface area contributed by atoms with Crippen molar-refractivity contribution in [3.63, 3.8) is 0 Å². The van der Waals surface area contributed by atoms with E-state index in [0.29, 0.717) is 29.2 Å². The number of nitrogens with zero attached hydrogens (tertiary/aromatic N) is 1. The minimum Gasteiger partial charge on any atom is -0.457 e. The number of benzene rings is 2. The molecule has 1 aromatic heterocycles. The van der Waals surface area contributed by atoms with E-state index in [4.69, 9.17) is 32.6 Å². The molecule has 0 saturated heterocycles. The maximum absolute atomic E-state index is 12.1. The summed E-state index contributed by atoms with van der Waals surface area (Å²) < 4.78 is 41.8. The summed E-state index contributed by atoms with van der Waals surface area (Å²) in [7, 11) is 1.50. The number of hydrogen-bond donors (Lipinski definition) is 3. The molecule has 0 saturated carbocycles. The highest BCUT2D eigenvalue weighted by Gasteiger charge is 2.33. The first-order valence-corrected chi connectivity index (χ1v) is 9.00. The Labute approximate surface area is 187 Å². The lowest BCUT2D eigenvalue weighted by molar-refractivity contribution is -0.137. The van der Waals surface area contributed by atoms with Gasteiger partial charge < -0.3 is 26.7 Å². The number of nitrogen functional groups attached to an aromatic ring is 2. The molecule has 0 unspecified atom stereocenters. The van der Waals surface area contributed by atoms with E-state index in [1.165, 1.54) is 19.3 Å². The molecule has 0 bridgehead atoms. The number of ether oxygens (including phenoxy) is 1. The number of pyridine rings is 1. The maximum atomic E-state index is 12.1. The van der Waals surface area contributed by atoms with Gasteiger partial charge in [-0.2, -0.15) is 13.2 Å². The van der Waals surface area contributed by atoms with Crippen LogP contribution in [0.1, 0.15) is 16.1 Å². The van der Waals surface area contributed by atoms with Crippen molar-refractivity contribution in [2.24, 2.45) is 5.73 Å². The fraction of sp³-hybridized carbons (Fsp3) is 0.0952. The van der Waals surface area contributed by atoms with Gasteiger partial charge in [-0.15, -0.1) is 0 Å². The molecular weight excluding hydrogens is 449 g/mol. The number of hydrogen-bond acceptors (Lipinski definition) is 7. The first-order chi connectivity index (χ1) is 15.2. The number of alkyl halides is 3. The molecule has 1 heterocycles. The molecule has 3 rings (SSSR count). The summed E-state index contributed by atoms with van der Waals surface area (Å²) in [5.41, 5.74) is 15.4. The van der Waals surface area contributed by atoms with Gasteiger partial charge in [0.2, 0.25) is 0 Å². The second-order valence-corrected chi connectivity index (χ2v) is 5.85. The third-order valence-electron chi connectivity index (χ3n) is 3.28. The molecule has 172 valence electrons. The molecule has 0 aliphatic carbocycles. The molecule has 3 aromatic rings. The Kier molecular flexibility index (Phi) is 12.8. The Morgan fingerprint density at radius 1 is 0.938 bits per heavy atom. The molecular formula is C21H22ClF3N4O3. The van der Waals surface area contributed by atoms with Gasteiger partial charge in [0.1, 0.15) is 24.0 Å². The van der Waals surface area contributed by atoms with Gasteiger partial charge in [-0.25, -0.2) is 0 Å². The van der Waals surface area contributed by atoms with Crippen LogP contribution in [0.5, 0.6) is 11.5 Å². The second kappa shape index (κ2) is 14.4. The minimum absolute atomic E-state index is 0.0479. The highest BCUT2D eigenvalue weighted by molar-refractivity contribution is 6.31. The van der Waals surface area contributed by atoms with Crippen LogP contribution in [0.4, 0.5) is 24.5 Å². The van der Waals surface area contributed by atoms with E-state index in [9.17, 15) is 18.0 Å². The van der Waals surface area contributed by atoms with Crippen molar-refractivity contribution in [2.45, 2.75) is 6.18 Å². The normalized spacial score (nSPS) is 9.56. The average Bonchev–Trinajstić information content (AvgIpc) is 2.79. The summed E-state index contributed by atoms with van der Waals surface area (Å²) in [6.45, 7) is 2.00. The Bertz CT molecular complexity index is 971. The lowest BCUT2D eigenvalue weighted by Gasteiger charge is -2.08. The molecule has 0 amide bonds. The van der Waals surface area contributed by atoms with Crippen molar-refractivity contribution in [1.29, 1.82) is 0 Å². The molecule has 0 spiro atoms. The molecule has 0 fully saturated rings. The zero-order valence-corrected chi connectivity index (χ0v) is 17.7. The minimum atomic E-state index is -4.44. The van der Waals surface area contributed by atoms with Crippen molar-refractivity contribution in [2.75, 3.05) is 18.5 Å². The summed E-state index contributed by atoms with van der Waals surface area (Å²) in [5.74, 6) is 1.24. The Morgan fingerprint density at radius 2 is 1.50 bits per heavy atom.